The second-order valence-electron chi connectivity index (χ2n) is 6.91. The van der Waals surface area contributed by atoms with E-state index in [0.717, 1.165) is 12.5 Å². The minimum Gasteiger partial charge on any atom is -0.308 e. The Labute approximate surface area is 127 Å². The highest BCUT2D eigenvalue weighted by atomic mass is 32.1. The summed E-state index contributed by atoms with van der Waals surface area (Å²) in [5.41, 5.74) is 0.343. The zero-order chi connectivity index (χ0) is 14.2. The van der Waals surface area contributed by atoms with Crippen LogP contribution in [0, 0.1) is 5.92 Å². The summed E-state index contributed by atoms with van der Waals surface area (Å²) in [5.74, 6) is 0.906. The summed E-state index contributed by atoms with van der Waals surface area (Å²) in [6, 6.07) is 5.79. The molecule has 0 aromatic carbocycles. The van der Waals surface area contributed by atoms with Crippen LogP contribution in [-0.2, 0) is 0 Å². The van der Waals surface area contributed by atoms with Gasteiger partial charge in [0.1, 0.15) is 0 Å². The molecular formula is C17H28N2S. The number of nitrogens with zero attached hydrogens (tertiary/aromatic N) is 1. The second kappa shape index (κ2) is 5.78. The Balaban J connectivity index is 1.80. The van der Waals surface area contributed by atoms with Crippen LogP contribution in [-0.4, -0.2) is 29.6 Å². The summed E-state index contributed by atoms with van der Waals surface area (Å²) in [4.78, 5) is 4.34. The van der Waals surface area contributed by atoms with E-state index in [9.17, 15) is 0 Å². The van der Waals surface area contributed by atoms with Gasteiger partial charge in [0.15, 0.2) is 0 Å². The van der Waals surface area contributed by atoms with Crippen LogP contribution in [0.15, 0.2) is 17.5 Å². The molecule has 3 atom stereocenters. The molecule has 1 saturated heterocycles. The Hall–Kier alpha value is -0.380. The van der Waals surface area contributed by atoms with Gasteiger partial charge in [0, 0.05) is 35.6 Å². The smallest absolute Gasteiger partial charge is 0.0445 e. The predicted molar refractivity (Wildman–Crippen MR) is 87.3 cm³/mol. The number of thiophene rings is 1. The van der Waals surface area contributed by atoms with Gasteiger partial charge in [-0.3, -0.25) is 4.90 Å². The van der Waals surface area contributed by atoms with Crippen LogP contribution in [0.4, 0.5) is 0 Å². The largest absolute Gasteiger partial charge is 0.308 e. The fourth-order valence-electron chi connectivity index (χ4n) is 3.73. The van der Waals surface area contributed by atoms with Crippen LogP contribution in [0.25, 0.3) is 0 Å². The van der Waals surface area contributed by atoms with Gasteiger partial charge in [-0.1, -0.05) is 19.4 Å². The van der Waals surface area contributed by atoms with E-state index in [4.69, 9.17) is 0 Å². The lowest BCUT2D eigenvalue weighted by molar-refractivity contribution is 0.0429. The maximum absolute atomic E-state index is 3.84. The van der Waals surface area contributed by atoms with Crippen LogP contribution in [0.5, 0.6) is 0 Å². The Bertz CT molecular complexity index is 426. The molecule has 1 aromatic rings. The van der Waals surface area contributed by atoms with Crippen molar-refractivity contribution in [2.24, 2.45) is 5.92 Å². The SMILES string of the molecule is CCCC(c1cccs1)N1CC(C)(C2CC2)NCC1C. The molecule has 1 aliphatic carbocycles. The van der Waals surface area contributed by atoms with Gasteiger partial charge in [0.2, 0.25) is 0 Å². The average molecular weight is 292 g/mol. The minimum atomic E-state index is 0.343. The maximum Gasteiger partial charge on any atom is 0.0445 e. The topological polar surface area (TPSA) is 15.3 Å². The van der Waals surface area contributed by atoms with Crippen LogP contribution >= 0.6 is 11.3 Å². The van der Waals surface area contributed by atoms with Crippen LogP contribution in [0.3, 0.4) is 0 Å². The molecular weight excluding hydrogens is 264 g/mol. The van der Waals surface area contributed by atoms with Crippen LogP contribution in [0.2, 0.25) is 0 Å². The van der Waals surface area contributed by atoms with Gasteiger partial charge in [-0.25, -0.2) is 0 Å². The first-order chi connectivity index (χ1) is 9.64. The first-order valence-corrected chi connectivity index (χ1v) is 9.06. The number of rotatable bonds is 5. The van der Waals surface area contributed by atoms with Crippen LogP contribution < -0.4 is 5.32 Å². The summed E-state index contributed by atoms with van der Waals surface area (Å²) in [5, 5.41) is 6.07. The molecule has 1 aliphatic heterocycles. The summed E-state index contributed by atoms with van der Waals surface area (Å²) in [7, 11) is 0. The number of hydrogen-bond donors (Lipinski definition) is 1. The van der Waals surface area contributed by atoms with E-state index in [1.165, 1.54) is 32.2 Å². The van der Waals surface area contributed by atoms with Crippen molar-refractivity contribution in [3.8, 4) is 0 Å². The Kier molecular flexibility index (Phi) is 4.21. The van der Waals surface area contributed by atoms with Crippen molar-refractivity contribution in [2.45, 2.75) is 64.1 Å². The van der Waals surface area contributed by atoms with Crippen molar-refractivity contribution in [2.75, 3.05) is 13.1 Å². The maximum atomic E-state index is 3.84. The van der Waals surface area contributed by atoms with Gasteiger partial charge in [0.05, 0.1) is 0 Å². The van der Waals surface area contributed by atoms with Crippen molar-refractivity contribution in [3.05, 3.63) is 22.4 Å². The van der Waals surface area contributed by atoms with E-state index >= 15 is 0 Å². The lowest BCUT2D eigenvalue weighted by atomic mass is 9.89. The molecule has 1 aromatic heterocycles. The fourth-order valence-corrected chi connectivity index (χ4v) is 4.61. The van der Waals surface area contributed by atoms with Crippen molar-refractivity contribution in [3.63, 3.8) is 0 Å². The fraction of sp³-hybridized carbons (Fsp3) is 0.765. The average Bonchev–Trinajstić information content (AvgIpc) is 3.17. The first-order valence-electron chi connectivity index (χ1n) is 8.18. The molecule has 2 aliphatic rings. The molecule has 2 heterocycles. The third kappa shape index (κ3) is 2.81. The highest BCUT2D eigenvalue weighted by Gasteiger charge is 2.46. The quantitative estimate of drug-likeness (QED) is 0.880. The first kappa shape index (κ1) is 14.6. The van der Waals surface area contributed by atoms with Gasteiger partial charge in [-0.05, 0) is 50.5 Å². The highest BCUT2D eigenvalue weighted by molar-refractivity contribution is 7.10. The number of hydrogen-bond acceptors (Lipinski definition) is 3. The van der Waals surface area contributed by atoms with E-state index in [1.54, 1.807) is 4.88 Å². The molecule has 1 saturated carbocycles. The molecule has 0 spiro atoms. The van der Waals surface area contributed by atoms with Gasteiger partial charge >= 0.3 is 0 Å². The van der Waals surface area contributed by atoms with Gasteiger partial charge < -0.3 is 5.32 Å². The highest BCUT2D eigenvalue weighted by Crippen LogP contribution is 2.43. The molecule has 0 radical (unpaired) electrons. The van der Waals surface area contributed by atoms with E-state index in [1.807, 2.05) is 11.3 Å². The lowest BCUT2D eigenvalue weighted by Crippen LogP contribution is -2.63. The zero-order valence-corrected chi connectivity index (χ0v) is 13.9. The second-order valence-corrected chi connectivity index (χ2v) is 7.89. The molecule has 3 rings (SSSR count). The molecule has 0 bridgehead atoms. The van der Waals surface area contributed by atoms with Crippen LogP contribution in [0.1, 0.15) is 57.4 Å². The van der Waals surface area contributed by atoms with Crippen molar-refractivity contribution in [1.29, 1.82) is 0 Å². The zero-order valence-electron chi connectivity index (χ0n) is 13.1. The van der Waals surface area contributed by atoms with Gasteiger partial charge in [0.25, 0.3) is 0 Å². The molecule has 3 unspecified atom stereocenters. The van der Waals surface area contributed by atoms with E-state index in [2.05, 4.69) is 48.5 Å². The number of nitrogens with one attached hydrogen (secondary N) is 1. The summed E-state index contributed by atoms with van der Waals surface area (Å²) < 4.78 is 0. The Morgan fingerprint density at radius 2 is 2.30 bits per heavy atom. The third-order valence-corrected chi connectivity index (χ3v) is 6.16. The Morgan fingerprint density at radius 1 is 1.50 bits per heavy atom. The Morgan fingerprint density at radius 3 is 2.90 bits per heavy atom. The van der Waals surface area contributed by atoms with Crippen molar-refractivity contribution < 1.29 is 0 Å². The van der Waals surface area contributed by atoms with Gasteiger partial charge in [-0.15, -0.1) is 11.3 Å². The van der Waals surface area contributed by atoms with Crippen molar-refractivity contribution in [1.82, 2.24) is 10.2 Å². The monoisotopic (exact) mass is 292 g/mol. The minimum absolute atomic E-state index is 0.343. The van der Waals surface area contributed by atoms with Crippen molar-refractivity contribution >= 4 is 11.3 Å². The molecule has 2 nitrogen and oxygen atoms in total. The normalized spacial score (nSPS) is 33.2. The van der Waals surface area contributed by atoms with E-state index < -0.39 is 0 Å². The summed E-state index contributed by atoms with van der Waals surface area (Å²) >= 11 is 1.93. The van der Waals surface area contributed by atoms with E-state index in [-0.39, 0.29) is 0 Å². The molecule has 112 valence electrons. The molecule has 3 heteroatoms. The summed E-state index contributed by atoms with van der Waals surface area (Å²) in [6.45, 7) is 9.49. The van der Waals surface area contributed by atoms with E-state index in [0.29, 0.717) is 17.6 Å². The summed E-state index contributed by atoms with van der Waals surface area (Å²) in [6.07, 6.45) is 5.39. The standard InChI is InChI=1S/C17H28N2S/c1-4-6-15(16-7-5-10-20-16)19-12-17(3,14-8-9-14)18-11-13(19)2/h5,7,10,13-15,18H,4,6,8-9,11-12H2,1-3H3. The molecule has 20 heavy (non-hydrogen) atoms. The molecule has 1 N–H and O–H groups in total. The lowest BCUT2D eigenvalue weighted by Gasteiger charge is -2.48. The van der Waals surface area contributed by atoms with Gasteiger partial charge in [-0.2, -0.15) is 0 Å². The molecule has 0 amide bonds. The molecule has 2 fully saturated rings. The number of piperazine rings is 1. The predicted octanol–water partition coefficient (Wildman–Crippen LogP) is 4.05. The third-order valence-electron chi connectivity index (χ3n) is 5.19.